The minimum atomic E-state index is -0.158. The van der Waals surface area contributed by atoms with Gasteiger partial charge in [0.1, 0.15) is 12.4 Å². The van der Waals surface area contributed by atoms with E-state index in [2.05, 4.69) is 12.3 Å². The summed E-state index contributed by atoms with van der Waals surface area (Å²) in [5, 5.41) is 1.59. The van der Waals surface area contributed by atoms with Gasteiger partial charge in [0.2, 0.25) is 0 Å². The third-order valence-electron chi connectivity index (χ3n) is 2.58. The smallest absolute Gasteiger partial charge is 0.260 e. The molecule has 0 aromatic heterocycles. The van der Waals surface area contributed by atoms with Crippen molar-refractivity contribution in [3.05, 3.63) is 29.3 Å². The minimum absolute atomic E-state index is 0.0473. The lowest BCUT2D eigenvalue weighted by molar-refractivity contribution is -0.129. The van der Waals surface area contributed by atoms with E-state index in [9.17, 15) is 4.79 Å². The van der Waals surface area contributed by atoms with Gasteiger partial charge in [-0.05, 0) is 29.7 Å². The van der Waals surface area contributed by atoms with Crippen LogP contribution in [0, 0.1) is 0 Å². The second-order valence-electron chi connectivity index (χ2n) is 4.42. The Kier molecular flexibility index (Phi) is 6.32. The van der Waals surface area contributed by atoms with Gasteiger partial charge in [-0.25, -0.2) is 5.01 Å². The van der Waals surface area contributed by atoms with Crippen LogP contribution in [0.4, 0.5) is 0 Å². The zero-order valence-corrected chi connectivity index (χ0v) is 12.0. The van der Waals surface area contributed by atoms with Crippen LogP contribution < -0.4 is 10.2 Å². The lowest BCUT2D eigenvalue weighted by atomic mass is 10.1. The van der Waals surface area contributed by atoms with Crippen LogP contribution in [0.15, 0.2) is 18.2 Å². The van der Waals surface area contributed by atoms with Gasteiger partial charge in [-0.15, -0.1) is 0 Å². The van der Waals surface area contributed by atoms with Crippen molar-refractivity contribution in [2.24, 2.45) is 0 Å². The minimum Gasteiger partial charge on any atom is -0.496 e. The number of nitrogens with zero attached hydrogens (tertiary/aromatic N) is 1. The third-order valence-corrected chi connectivity index (χ3v) is 2.58. The number of methoxy groups -OCH3 is 1. The molecule has 0 fully saturated rings. The molecular weight excluding hydrogens is 244 g/mol. The summed E-state index contributed by atoms with van der Waals surface area (Å²) in [6.07, 6.45) is 0.901. The number of carbonyl (C=O) groups excluding carboxylic acids is 1. The molecule has 1 aromatic rings. The topological polar surface area (TPSA) is 50.8 Å². The first-order chi connectivity index (χ1) is 9.06. The van der Waals surface area contributed by atoms with Crippen LogP contribution >= 0.6 is 0 Å². The highest BCUT2D eigenvalue weighted by atomic mass is 16.5. The van der Waals surface area contributed by atoms with Gasteiger partial charge in [-0.2, -0.15) is 0 Å². The van der Waals surface area contributed by atoms with Crippen molar-refractivity contribution in [1.82, 2.24) is 10.4 Å². The second-order valence-corrected chi connectivity index (χ2v) is 4.42. The van der Waals surface area contributed by atoms with E-state index in [0.717, 1.165) is 23.3 Å². The number of nitrogens with one attached hydrogen (secondary N) is 1. The number of amides is 1. The summed E-state index contributed by atoms with van der Waals surface area (Å²) < 4.78 is 10.6. The Balaban J connectivity index is 2.47. The fraction of sp³-hybridized carbons (Fsp3) is 0.500. The van der Waals surface area contributed by atoms with E-state index in [4.69, 9.17) is 9.47 Å². The SMILES string of the molecule is CCc1cc(COCC(=O)NN(C)C)ccc1OC. The van der Waals surface area contributed by atoms with E-state index in [1.54, 1.807) is 26.2 Å². The number of rotatable bonds is 7. The molecule has 0 saturated heterocycles. The third kappa shape index (κ3) is 5.28. The molecule has 1 rings (SSSR count). The molecule has 0 saturated carbocycles. The fourth-order valence-electron chi connectivity index (χ4n) is 1.74. The number of carbonyl (C=O) groups is 1. The quantitative estimate of drug-likeness (QED) is 0.757. The van der Waals surface area contributed by atoms with Crippen LogP contribution in [0.25, 0.3) is 0 Å². The molecule has 0 atom stereocenters. The summed E-state index contributed by atoms with van der Waals surface area (Å²) in [6, 6.07) is 5.92. The number of aryl methyl sites for hydroxylation is 1. The summed E-state index contributed by atoms with van der Waals surface area (Å²) in [7, 11) is 5.18. The molecule has 0 unspecified atom stereocenters. The summed E-state index contributed by atoms with van der Waals surface area (Å²) in [5.74, 6) is 0.728. The van der Waals surface area contributed by atoms with Crippen molar-refractivity contribution in [2.45, 2.75) is 20.0 Å². The second kappa shape index (κ2) is 7.76. The maximum Gasteiger partial charge on any atom is 0.260 e. The normalized spacial score (nSPS) is 10.6. The lowest BCUT2D eigenvalue weighted by Crippen LogP contribution is -2.38. The number of hydrogen-bond donors (Lipinski definition) is 1. The van der Waals surface area contributed by atoms with Crippen LogP contribution in [0.1, 0.15) is 18.1 Å². The maximum atomic E-state index is 11.4. The predicted octanol–water partition coefficient (Wildman–Crippen LogP) is 1.37. The fourth-order valence-corrected chi connectivity index (χ4v) is 1.74. The number of benzene rings is 1. The molecule has 5 heteroatoms. The Morgan fingerprint density at radius 1 is 1.37 bits per heavy atom. The molecule has 106 valence electrons. The standard InChI is InChI=1S/C14H22N2O3/c1-5-12-8-11(6-7-13(12)18-4)9-19-10-14(17)15-16(2)3/h6-8H,5,9-10H2,1-4H3,(H,15,17). The molecule has 0 spiro atoms. The highest BCUT2D eigenvalue weighted by molar-refractivity contribution is 5.76. The first-order valence-corrected chi connectivity index (χ1v) is 6.27. The molecule has 0 radical (unpaired) electrons. The molecule has 19 heavy (non-hydrogen) atoms. The molecule has 1 amide bonds. The van der Waals surface area contributed by atoms with Crippen LogP contribution in [-0.4, -0.2) is 38.7 Å². The highest BCUT2D eigenvalue weighted by Gasteiger charge is 2.05. The Morgan fingerprint density at radius 2 is 2.11 bits per heavy atom. The highest BCUT2D eigenvalue weighted by Crippen LogP contribution is 2.20. The van der Waals surface area contributed by atoms with Gasteiger partial charge in [-0.3, -0.25) is 10.2 Å². The largest absolute Gasteiger partial charge is 0.496 e. The Labute approximate surface area is 114 Å². The van der Waals surface area contributed by atoms with Crippen LogP contribution in [0.5, 0.6) is 5.75 Å². The summed E-state index contributed by atoms with van der Waals surface area (Å²) >= 11 is 0. The van der Waals surface area contributed by atoms with Crippen molar-refractivity contribution in [1.29, 1.82) is 0 Å². The van der Waals surface area contributed by atoms with Gasteiger partial charge >= 0.3 is 0 Å². The van der Waals surface area contributed by atoms with Gasteiger partial charge < -0.3 is 9.47 Å². The first-order valence-electron chi connectivity index (χ1n) is 6.27. The van der Waals surface area contributed by atoms with Crippen LogP contribution in [0.2, 0.25) is 0 Å². The summed E-state index contributed by atoms with van der Waals surface area (Å²) in [5.41, 5.74) is 4.80. The average molecular weight is 266 g/mol. The molecular formula is C14H22N2O3. The summed E-state index contributed by atoms with van der Waals surface area (Å²) in [4.78, 5) is 11.4. The molecule has 5 nitrogen and oxygen atoms in total. The van der Waals surface area contributed by atoms with Crippen molar-refractivity contribution in [3.8, 4) is 5.75 Å². The maximum absolute atomic E-state index is 11.4. The van der Waals surface area contributed by atoms with E-state index in [0.29, 0.717) is 6.61 Å². The summed E-state index contributed by atoms with van der Waals surface area (Å²) in [6.45, 7) is 2.54. The number of hydrogen-bond acceptors (Lipinski definition) is 4. The molecule has 0 aliphatic heterocycles. The van der Waals surface area contributed by atoms with Crippen LogP contribution in [0.3, 0.4) is 0 Å². The van der Waals surface area contributed by atoms with Gasteiger partial charge in [0, 0.05) is 14.1 Å². The molecule has 0 aliphatic carbocycles. The molecule has 0 heterocycles. The molecule has 0 bridgehead atoms. The lowest BCUT2D eigenvalue weighted by Gasteiger charge is -2.12. The first kappa shape index (κ1) is 15.5. The van der Waals surface area contributed by atoms with E-state index >= 15 is 0 Å². The molecule has 0 aliphatic rings. The van der Waals surface area contributed by atoms with Crippen molar-refractivity contribution in [3.63, 3.8) is 0 Å². The van der Waals surface area contributed by atoms with E-state index < -0.39 is 0 Å². The Morgan fingerprint density at radius 3 is 2.68 bits per heavy atom. The van der Waals surface area contributed by atoms with Crippen molar-refractivity contribution < 1.29 is 14.3 Å². The van der Waals surface area contributed by atoms with Crippen molar-refractivity contribution >= 4 is 5.91 Å². The zero-order valence-electron chi connectivity index (χ0n) is 12.0. The van der Waals surface area contributed by atoms with Gasteiger partial charge in [0.15, 0.2) is 0 Å². The predicted molar refractivity (Wildman–Crippen MR) is 73.9 cm³/mol. The van der Waals surface area contributed by atoms with Gasteiger partial charge in [0.05, 0.1) is 13.7 Å². The zero-order chi connectivity index (χ0) is 14.3. The van der Waals surface area contributed by atoms with Crippen molar-refractivity contribution in [2.75, 3.05) is 27.8 Å². The Hall–Kier alpha value is -1.59. The van der Waals surface area contributed by atoms with Gasteiger partial charge in [-0.1, -0.05) is 13.0 Å². The van der Waals surface area contributed by atoms with E-state index in [-0.39, 0.29) is 12.5 Å². The Bertz CT molecular complexity index is 419. The van der Waals surface area contributed by atoms with E-state index in [1.807, 2.05) is 18.2 Å². The number of hydrazine groups is 1. The molecule has 1 N–H and O–H groups in total. The van der Waals surface area contributed by atoms with Crippen LogP contribution in [-0.2, 0) is 22.6 Å². The van der Waals surface area contributed by atoms with E-state index in [1.165, 1.54) is 0 Å². The molecule has 1 aromatic carbocycles. The number of ether oxygens (including phenoxy) is 2. The average Bonchev–Trinajstić information content (AvgIpc) is 2.37. The van der Waals surface area contributed by atoms with Gasteiger partial charge in [0.25, 0.3) is 5.91 Å². The monoisotopic (exact) mass is 266 g/mol.